The van der Waals surface area contributed by atoms with Crippen molar-refractivity contribution >= 4 is 0 Å². The van der Waals surface area contributed by atoms with Gasteiger partial charge in [-0.25, -0.2) is 4.98 Å². The van der Waals surface area contributed by atoms with Gasteiger partial charge >= 0.3 is 0 Å². The highest BCUT2D eigenvalue weighted by atomic mass is 15.0. The first-order chi connectivity index (χ1) is 7.77. The maximum atomic E-state index is 4.44. The van der Waals surface area contributed by atoms with Crippen molar-refractivity contribution < 1.29 is 0 Å². The third kappa shape index (κ3) is 1.45. The smallest absolute Gasteiger partial charge is 0.139 e. The van der Waals surface area contributed by atoms with Gasteiger partial charge in [-0.05, 0) is 23.8 Å². The highest BCUT2D eigenvalue weighted by molar-refractivity contribution is 5.62. The summed E-state index contributed by atoms with van der Waals surface area (Å²) in [5, 5.41) is 0. The molecule has 1 heterocycles. The minimum Gasteiger partial charge on any atom is -0.334 e. The largest absolute Gasteiger partial charge is 0.334 e. The first kappa shape index (κ1) is 9.64. The van der Waals surface area contributed by atoms with Crippen molar-refractivity contribution in [1.82, 2.24) is 9.55 Å². The lowest BCUT2D eigenvalue weighted by Crippen LogP contribution is -1.95. The molecule has 1 aliphatic carbocycles. The maximum Gasteiger partial charge on any atom is 0.139 e. The fourth-order valence-corrected chi connectivity index (χ4v) is 2.40. The van der Waals surface area contributed by atoms with Crippen LogP contribution in [0.25, 0.3) is 11.4 Å². The Balaban J connectivity index is 2.10. The molecular formula is C14H16N2. The van der Waals surface area contributed by atoms with E-state index in [1.165, 1.54) is 17.5 Å². The molecule has 2 unspecified atom stereocenters. The lowest BCUT2D eigenvalue weighted by atomic mass is 10.0. The zero-order valence-corrected chi connectivity index (χ0v) is 9.72. The van der Waals surface area contributed by atoms with Gasteiger partial charge in [-0.1, -0.05) is 31.2 Å². The Bertz CT molecular complexity index is 513. The van der Waals surface area contributed by atoms with Crippen molar-refractivity contribution in [3.05, 3.63) is 42.2 Å². The van der Waals surface area contributed by atoms with Gasteiger partial charge in [0.25, 0.3) is 0 Å². The molecule has 0 bridgehead atoms. The number of rotatable bonds is 2. The van der Waals surface area contributed by atoms with Gasteiger partial charge in [-0.15, -0.1) is 0 Å². The molecule has 1 aromatic heterocycles. The lowest BCUT2D eigenvalue weighted by Gasteiger charge is -2.08. The second kappa shape index (κ2) is 3.48. The van der Waals surface area contributed by atoms with Gasteiger partial charge in [0.15, 0.2) is 0 Å². The summed E-state index contributed by atoms with van der Waals surface area (Å²) < 4.78 is 2.09. The van der Waals surface area contributed by atoms with Crippen LogP contribution in [0.2, 0.25) is 0 Å². The molecule has 2 aromatic rings. The normalized spacial score (nSPS) is 23.4. The van der Waals surface area contributed by atoms with Crippen LogP contribution in [0.4, 0.5) is 0 Å². The van der Waals surface area contributed by atoms with Crippen molar-refractivity contribution in [2.24, 2.45) is 13.0 Å². The molecule has 1 aromatic carbocycles. The number of aryl methyl sites for hydroxylation is 1. The Morgan fingerprint density at radius 1 is 1.31 bits per heavy atom. The molecule has 82 valence electrons. The van der Waals surface area contributed by atoms with Gasteiger partial charge in [-0.3, -0.25) is 0 Å². The van der Waals surface area contributed by atoms with Crippen LogP contribution >= 0.6 is 0 Å². The monoisotopic (exact) mass is 212 g/mol. The minimum absolute atomic E-state index is 0.743. The number of nitrogens with zero attached hydrogens (tertiary/aromatic N) is 2. The molecule has 2 nitrogen and oxygen atoms in total. The highest BCUT2D eigenvalue weighted by Crippen LogP contribution is 2.49. The van der Waals surface area contributed by atoms with Crippen LogP contribution in [0.3, 0.4) is 0 Å². The van der Waals surface area contributed by atoms with Crippen molar-refractivity contribution in [2.75, 3.05) is 0 Å². The molecule has 0 spiro atoms. The number of hydrogen-bond acceptors (Lipinski definition) is 1. The second-order valence-electron chi connectivity index (χ2n) is 4.77. The van der Waals surface area contributed by atoms with E-state index in [-0.39, 0.29) is 0 Å². The number of hydrogen-bond donors (Lipinski definition) is 0. The maximum absolute atomic E-state index is 4.44. The third-order valence-electron chi connectivity index (χ3n) is 3.53. The topological polar surface area (TPSA) is 17.8 Å². The van der Waals surface area contributed by atoms with Gasteiger partial charge in [0.1, 0.15) is 5.82 Å². The van der Waals surface area contributed by atoms with E-state index in [1.54, 1.807) is 0 Å². The van der Waals surface area contributed by atoms with Gasteiger partial charge in [-0.2, -0.15) is 0 Å². The Kier molecular flexibility index (Phi) is 2.10. The van der Waals surface area contributed by atoms with Gasteiger partial charge in [0, 0.05) is 25.0 Å². The average molecular weight is 212 g/mol. The minimum atomic E-state index is 0.743. The van der Waals surface area contributed by atoms with E-state index in [0.717, 1.165) is 17.7 Å². The molecule has 16 heavy (non-hydrogen) atoms. The summed E-state index contributed by atoms with van der Waals surface area (Å²) in [5.74, 6) is 2.66. The first-order valence-corrected chi connectivity index (χ1v) is 5.84. The molecule has 2 heteroatoms. The standard InChI is InChI=1S/C14H16N2/c1-10-9-13(10)11-5-3-4-6-12(11)14-15-7-8-16(14)2/h3-8,10,13H,9H2,1-2H3. The van der Waals surface area contributed by atoms with E-state index in [4.69, 9.17) is 0 Å². The average Bonchev–Trinajstić information content (AvgIpc) is 2.86. The van der Waals surface area contributed by atoms with Crippen LogP contribution in [0.1, 0.15) is 24.8 Å². The van der Waals surface area contributed by atoms with E-state index < -0.39 is 0 Å². The van der Waals surface area contributed by atoms with Crippen LogP contribution < -0.4 is 0 Å². The lowest BCUT2D eigenvalue weighted by molar-refractivity contribution is 0.898. The summed E-state index contributed by atoms with van der Waals surface area (Å²) >= 11 is 0. The summed E-state index contributed by atoms with van der Waals surface area (Å²) in [7, 11) is 2.05. The number of benzene rings is 1. The summed E-state index contributed by atoms with van der Waals surface area (Å²) in [6.07, 6.45) is 5.19. The van der Waals surface area contributed by atoms with E-state index in [0.29, 0.717) is 0 Å². The fraction of sp³-hybridized carbons (Fsp3) is 0.357. The van der Waals surface area contributed by atoms with Crippen LogP contribution in [-0.4, -0.2) is 9.55 Å². The molecule has 0 radical (unpaired) electrons. The molecule has 1 saturated carbocycles. The molecular weight excluding hydrogens is 196 g/mol. The zero-order valence-electron chi connectivity index (χ0n) is 9.72. The molecule has 1 fully saturated rings. The van der Waals surface area contributed by atoms with E-state index in [1.807, 2.05) is 12.4 Å². The molecule has 0 aliphatic heterocycles. The SMILES string of the molecule is CC1CC1c1ccccc1-c1nccn1C. The Morgan fingerprint density at radius 3 is 2.69 bits per heavy atom. The van der Waals surface area contributed by atoms with E-state index >= 15 is 0 Å². The zero-order chi connectivity index (χ0) is 11.1. The molecule has 0 amide bonds. The van der Waals surface area contributed by atoms with Gasteiger partial charge in [0.05, 0.1) is 0 Å². The Hall–Kier alpha value is -1.57. The first-order valence-electron chi connectivity index (χ1n) is 5.84. The van der Waals surface area contributed by atoms with Crippen molar-refractivity contribution in [1.29, 1.82) is 0 Å². The predicted molar refractivity (Wildman–Crippen MR) is 65.2 cm³/mol. The molecule has 2 atom stereocenters. The molecule has 0 N–H and O–H groups in total. The third-order valence-corrected chi connectivity index (χ3v) is 3.53. The Labute approximate surface area is 95.9 Å². The van der Waals surface area contributed by atoms with Crippen LogP contribution in [0, 0.1) is 5.92 Å². The highest BCUT2D eigenvalue weighted by Gasteiger charge is 2.35. The van der Waals surface area contributed by atoms with Crippen LogP contribution in [0.15, 0.2) is 36.7 Å². The Morgan fingerprint density at radius 2 is 2.06 bits per heavy atom. The number of aromatic nitrogens is 2. The summed E-state index contributed by atoms with van der Waals surface area (Å²) in [5.41, 5.74) is 2.76. The van der Waals surface area contributed by atoms with Gasteiger partial charge < -0.3 is 4.57 Å². The fourth-order valence-electron chi connectivity index (χ4n) is 2.40. The van der Waals surface area contributed by atoms with Crippen LogP contribution in [0.5, 0.6) is 0 Å². The second-order valence-corrected chi connectivity index (χ2v) is 4.77. The molecule has 1 aliphatic rings. The number of imidazole rings is 1. The summed E-state index contributed by atoms with van der Waals surface area (Å²) in [4.78, 5) is 4.44. The van der Waals surface area contributed by atoms with Crippen LogP contribution in [-0.2, 0) is 7.05 Å². The quantitative estimate of drug-likeness (QED) is 0.747. The van der Waals surface area contributed by atoms with Gasteiger partial charge in [0.2, 0.25) is 0 Å². The van der Waals surface area contributed by atoms with E-state index in [2.05, 4.69) is 47.8 Å². The molecule has 3 rings (SSSR count). The van der Waals surface area contributed by atoms with Crippen molar-refractivity contribution in [2.45, 2.75) is 19.3 Å². The summed E-state index contributed by atoms with van der Waals surface area (Å²) in [6, 6.07) is 8.66. The molecule has 0 saturated heterocycles. The van der Waals surface area contributed by atoms with E-state index in [9.17, 15) is 0 Å². The van der Waals surface area contributed by atoms with Crippen molar-refractivity contribution in [3.8, 4) is 11.4 Å². The van der Waals surface area contributed by atoms with Crippen molar-refractivity contribution in [3.63, 3.8) is 0 Å². The summed E-state index contributed by atoms with van der Waals surface area (Å²) in [6.45, 7) is 2.32. The predicted octanol–water partition coefficient (Wildman–Crippen LogP) is 3.21.